The van der Waals surface area contributed by atoms with Crippen molar-refractivity contribution in [3.8, 4) is 10.7 Å². The highest BCUT2D eigenvalue weighted by molar-refractivity contribution is 7.18. The minimum atomic E-state index is -3.10. The third kappa shape index (κ3) is 2.04. The van der Waals surface area contributed by atoms with Crippen molar-refractivity contribution in [3.05, 3.63) is 16.2 Å². The molecule has 90 valence electrons. The Morgan fingerprint density at radius 3 is 2.65 bits per heavy atom. The second-order valence-electron chi connectivity index (χ2n) is 2.81. The van der Waals surface area contributed by atoms with Crippen molar-refractivity contribution in [3.63, 3.8) is 0 Å². The van der Waals surface area contributed by atoms with Crippen LogP contribution >= 0.6 is 11.3 Å². The van der Waals surface area contributed by atoms with Crippen molar-refractivity contribution < 1.29 is 13.7 Å². The summed E-state index contributed by atoms with van der Waals surface area (Å²) >= 11 is 0.899. The maximum Gasteiger partial charge on any atom is 0.406 e. The molecule has 0 aliphatic heterocycles. The van der Waals surface area contributed by atoms with Crippen LogP contribution in [0.15, 0.2) is 6.07 Å². The molecule has 2 aromatic heterocycles. The van der Waals surface area contributed by atoms with Crippen molar-refractivity contribution in [1.29, 1.82) is 0 Å². The minimum Gasteiger partial charge on any atom is -0.374 e. The number of rotatable bonds is 3. The Hall–Kier alpha value is -2.17. The second kappa shape index (κ2) is 4.01. The van der Waals surface area contributed by atoms with Crippen molar-refractivity contribution in [1.82, 2.24) is 20.0 Å². The molecule has 0 spiro atoms. The van der Waals surface area contributed by atoms with Gasteiger partial charge in [-0.25, -0.2) is 0 Å². The first-order valence-electron chi connectivity index (χ1n) is 4.10. The number of halogens is 2. The van der Waals surface area contributed by atoms with E-state index in [0.717, 1.165) is 17.4 Å². The molecule has 0 saturated carbocycles. The molecule has 2 N–H and O–H groups in total. The van der Waals surface area contributed by atoms with E-state index in [4.69, 9.17) is 5.73 Å². The molecule has 0 saturated heterocycles. The van der Waals surface area contributed by atoms with Gasteiger partial charge in [0.2, 0.25) is 5.13 Å². The molecular weight excluding hydrogens is 258 g/mol. The van der Waals surface area contributed by atoms with E-state index >= 15 is 0 Å². The fraction of sp³-hybridized carbons (Fsp3) is 0.167. The molecule has 2 rings (SSSR count). The summed E-state index contributed by atoms with van der Waals surface area (Å²) in [7, 11) is 0. The first-order valence-corrected chi connectivity index (χ1v) is 4.92. The van der Waals surface area contributed by atoms with E-state index in [1.54, 1.807) is 0 Å². The second-order valence-corrected chi connectivity index (χ2v) is 3.82. The number of aromatic nitrogens is 4. The van der Waals surface area contributed by atoms with Crippen molar-refractivity contribution in [2.24, 2.45) is 0 Å². The van der Waals surface area contributed by atoms with Gasteiger partial charge in [0.1, 0.15) is 0 Å². The van der Waals surface area contributed by atoms with E-state index in [-0.39, 0.29) is 20.5 Å². The SMILES string of the molecule is Nc1nnc(-c2cc([N+](=O)[O-])n(C(F)F)n2)s1. The number of hydrogen-bond acceptors (Lipinski definition) is 7. The average Bonchev–Trinajstić information content (AvgIpc) is 2.82. The number of hydrogen-bond donors (Lipinski definition) is 1. The third-order valence-corrected chi connectivity index (χ3v) is 2.52. The van der Waals surface area contributed by atoms with Crippen LogP contribution in [-0.2, 0) is 0 Å². The lowest BCUT2D eigenvalue weighted by atomic mass is 10.4. The van der Waals surface area contributed by atoms with Crippen LogP contribution in [0.1, 0.15) is 6.55 Å². The van der Waals surface area contributed by atoms with Crippen LogP contribution in [0.3, 0.4) is 0 Å². The number of nitrogens with two attached hydrogens (primary N) is 1. The summed E-state index contributed by atoms with van der Waals surface area (Å²) in [5.74, 6) is -0.816. The van der Waals surface area contributed by atoms with E-state index in [1.807, 2.05) is 0 Å². The number of nitrogen functional groups attached to an aromatic ring is 1. The fourth-order valence-electron chi connectivity index (χ4n) is 1.11. The number of nitrogens with zero attached hydrogens (tertiary/aromatic N) is 5. The van der Waals surface area contributed by atoms with Gasteiger partial charge >= 0.3 is 12.4 Å². The monoisotopic (exact) mass is 262 g/mol. The van der Waals surface area contributed by atoms with Crippen LogP contribution in [0.25, 0.3) is 10.7 Å². The molecule has 8 nitrogen and oxygen atoms in total. The molecule has 0 fully saturated rings. The molecule has 0 bridgehead atoms. The number of nitro groups is 1. The van der Waals surface area contributed by atoms with Crippen LogP contribution in [0, 0.1) is 10.1 Å². The highest BCUT2D eigenvalue weighted by Gasteiger charge is 2.27. The van der Waals surface area contributed by atoms with Crippen LogP contribution in [0.5, 0.6) is 0 Å². The Labute approximate surface area is 95.8 Å². The lowest BCUT2D eigenvalue weighted by Gasteiger charge is -1.95. The van der Waals surface area contributed by atoms with Crippen molar-refractivity contribution in [2.75, 3.05) is 5.73 Å². The smallest absolute Gasteiger partial charge is 0.374 e. The predicted molar refractivity (Wildman–Crippen MR) is 53.4 cm³/mol. The molecular formula is C6H4F2N6O2S. The molecule has 0 radical (unpaired) electrons. The minimum absolute atomic E-state index is 0.00687. The summed E-state index contributed by atoms with van der Waals surface area (Å²) in [6.07, 6.45) is 0. The lowest BCUT2D eigenvalue weighted by molar-refractivity contribution is -0.394. The largest absolute Gasteiger partial charge is 0.406 e. The van der Waals surface area contributed by atoms with Gasteiger partial charge in [-0.3, -0.25) is 0 Å². The van der Waals surface area contributed by atoms with E-state index < -0.39 is 17.3 Å². The molecule has 0 aliphatic rings. The Balaban J connectivity index is 2.50. The Bertz CT molecular complexity index is 567. The topological polar surface area (TPSA) is 113 Å². The van der Waals surface area contributed by atoms with E-state index in [0.29, 0.717) is 0 Å². The summed E-state index contributed by atoms with van der Waals surface area (Å²) in [5.41, 5.74) is 5.24. The first kappa shape index (κ1) is 11.3. The number of anilines is 1. The van der Waals surface area contributed by atoms with Crippen molar-refractivity contribution >= 4 is 22.3 Å². The zero-order valence-electron chi connectivity index (χ0n) is 7.95. The Morgan fingerprint density at radius 2 is 2.24 bits per heavy atom. The van der Waals surface area contributed by atoms with Crippen LogP contribution in [-0.4, -0.2) is 24.9 Å². The van der Waals surface area contributed by atoms with Gasteiger partial charge in [-0.15, -0.1) is 10.2 Å². The quantitative estimate of drug-likeness (QED) is 0.658. The molecule has 0 unspecified atom stereocenters. The summed E-state index contributed by atoms with van der Waals surface area (Å²) in [6, 6.07) is 0.895. The van der Waals surface area contributed by atoms with E-state index in [9.17, 15) is 18.9 Å². The molecule has 11 heteroatoms. The maximum absolute atomic E-state index is 12.5. The Morgan fingerprint density at radius 1 is 1.53 bits per heavy atom. The molecule has 0 aromatic carbocycles. The van der Waals surface area contributed by atoms with Gasteiger partial charge < -0.3 is 15.8 Å². The normalized spacial score (nSPS) is 11.0. The van der Waals surface area contributed by atoms with Gasteiger partial charge in [0, 0.05) is 0 Å². The lowest BCUT2D eigenvalue weighted by Crippen LogP contribution is -2.04. The standard InChI is InChI=1S/C6H4F2N6O2S/c7-5(8)13-3(14(15)16)1-2(12-13)4-10-11-6(9)17-4/h1,5H,(H2,9,11). The maximum atomic E-state index is 12.5. The van der Waals surface area contributed by atoms with Crippen LogP contribution < -0.4 is 5.73 Å². The van der Waals surface area contributed by atoms with E-state index in [1.165, 1.54) is 0 Å². The van der Waals surface area contributed by atoms with Gasteiger partial charge in [0.25, 0.3) is 0 Å². The molecule has 2 heterocycles. The van der Waals surface area contributed by atoms with E-state index in [2.05, 4.69) is 15.3 Å². The molecule has 0 atom stereocenters. The summed E-state index contributed by atoms with van der Waals surface area (Å²) < 4.78 is 24.9. The highest BCUT2D eigenvalue weighted by Crippen LogP contribution is 2.29. The van der Waals surface area contributed by atoms with Crippen LogP contribution in [0.4, 0.5) is 19.7 Å². The van der Waals surface area contributed by atoms with Crippen molar-refractivity contribution in [2.45, 2.75) is 6.55 Å². The molecule has 17 heavy (non-hydrogen) atoms. The fourth-order valence-corrected chi connectivity index (χ4v) is 1.67. The first-order chi connectivity index (χ1) is 7.99. The summed E-state index contributed by atoms with van der Waals surface area (Å²) in [6.45, 7) is -3.10. The summed E-state index contributed by atoms with van der Waals surface area (Å²) in [4.78, 5) is 9.58. The van der Waals surface area contributed by atoms with Gasteiger partial charge in [-0.1, -0.05) is 21.1 Å². The Kier molecular flexibility index (Phi) is 2.67. The molecule has 0 aliphatic carbocycles. The van der Waals surface area contributed by atoms with Crippen LogP contribution in [0.2, 0.25) is 0 Å². The van der Waals surface area contributed by atoms with Gasteiger partial charge in [-0.05, 0) is 4.92 Å². The third-order valence-electron chi connectivity index (χ3n) is 1.75. The summed E-state index contributed by atoms with van der Waals surface area (Å²) in [5, 5.41) is 21.2. The zero-order chi connectivity index (χ0) is 12.6. The zero-order valence-corrected chi connectivity index (χ0v) is 8.77. The van der Waals surface area contributed by atoms with Gasteiger partial charge in [0.15, 0.2) is 10.7 Å². The van der Waals surface area contributed by atoms with Gasteiger partial charge in [0.05, 0.1) is 6.07 Å². The highest BCUT2D eigenvalue weighted by atomic mass is 32.1. The molecule has 2 aromatic rings. The predicted octanol–water partition coefficient (Wildman–Crippen LogP) is 1.29. The average molecular weight is 262 g/mol. The van der Waals surface area contributed by atoms with Gasteiger partial charge in [-0.2, -0.15) is 8.78 Å². The molecule has 0 amide bonds. The number of alkyl halides is 2.